The van der Waals surface area contributed by atoms with Gasteiger partial charge in [0.15, 0.2) is 0 Å². The van der Waals surface area contributed by atoms with Gasteiger partial charge in [0.25, 0.3) is 0 Å². The average molecular weight is 236 g/mol. The molecule has 0 aliphatic rings. The van der Waals surface area contributed by atoms with Crippen LogP contribution in [-0.4, -0.2) is 0 Å². The third-order valence-corrected chi connectivity index (χ3v) is 2.13. The highest BCUT2D eigenvalue weighted by Gasteiger charge is 2.34. The summed E-state index contributed by atoms with van der Waals surface area (Å²) in [5.74, 6) is 0. The molecule has 0 heterocycles. The first-order valence-corrected chi connectivity index (χ1v) is 4.43. The molecule has 0 radical (unpaired) electrons. The SMILES string of the molecule is C=C(C)c1cc(Cl)cc(C(F)(F)F)c1N. The molecule has 0 aliphatic carbocycles. The third-order valence-electron chi connectivity index (χ3n) is 1.91. The van der Waals surface area contributed by atoms with Gasteiger partial charge in [-0.2, -0.15) is 13.2 Å². The predicted molar refractivity (Wildman–Crippen MR) is 55.6 cm³/mol. The van der Waals surface area contributed by atoms with Gasteiger partial charge in [-0.25, -0.2) is 0 Å². The summed E-state index contributed by atoms with van der Waals surface area (Å²) >= 11 is 5.58. The van der Waals surface area contributed by atoms with E-state index < -0.39 is 11.7 Å². The minimum atomic E-state index is -4.50. The van der Waals surface area contributed by atoms with Crippen LogP contribution >= 0.6 is 11.6 Å². The highest BCUT2D eigenvalue weighted by Crippen LogP contribution is 2.38. The molecule has 1 rings (SSSR count). The number of benzene rings is 1. The van der Waals surface area contributed by atoms with Gasteiger partial charge in [-0.15, -0.1) is 0 Å². The minimum Gasteiger partial charge on any atom is -0.398 e. The van der Waals surface area contributed by atoms with Crippen LogP contribution in [0.1, 0.15) is 18.1 Å². The summed E-state index contributed by atoms with van der Waals surface area (Å²) < 4.78 is 37.5. The summed E-state index contributed by atoms with van der Waals surface area (Å²) in [6.07, 6.45) is -4.50. The van der Waals surface area contributed by atoms with E-state index >= 15 is 0 Å². The Labute approximate surface area is 90.3 Å². The van der Waals surface area contributed by atoms with Crippen LogP contribution in [-0.2, 0) is 6.18 Å². The van der Waals surface area contributed by atoms with E-state index in [9.17, 15) is 13.2 Å². The summed E-state index contributed by atoms with van der Waals surface area (Å²) in [5.41, 5.74) is 4.82. The first kappa shape index (κ1) is 11.9. The second kappa shape index (κ2) is 3.77. The lowest BCUT2D eigenvalue weighted by Crippen LogP contribution is -2.10. The molecule has 82 valence electrons. The highest BCUT2D eigenvalue weighted by atomic mass is 35.5. The Hall–Kier alpha value is -1.16. The van der Waals surface area contributed by atoms with Gasteiger partial charge < -0.3 is 5.73 Å². The molecule has 5 heteroatoms. The van der Waals surface area contributed by atoms with E-state index in [1.165, 1.54) is 6.07 Å². The Kier molecular flexibility index (Phi) is 3.00. The highest BCUT2D eigenvalue weighted by molar-refractivity contribution is 6.31. The van der Waals surface area contributed by atoms with E-state index in [2.05, 4.69) is 6.58 Å². The van der Waals surface area contributed by atoms with Gasteiger partial charge in [0.05, 0.1) is 11.3 Å². The Morgan fingerprint density at radius 1 is 1.40 bits per heavy atom. The molecule has 0 fully saturated rings. The van der Waals surface area contributed by atoms with Gasteiger partial charge in [0.2, 0.25) is 0 Å². The van der Waals surface area contributed by atoms with E-state index in [4.69, 9.17) is 17.3 Å². The molecule has 0 saturated carbocycles. The van der Waals surface area contributed by atoms with Gasteiger partial charge in [0, 0.05) is 10.6 Å². The second-order valence-electron chi connectivity index (χ2n) is 3.19. The van der Waals surface area contributed by atoms with Crippen LogP contribution in [0.5, 0.6) is 0 Å². The number of anilines is 1. The average Bonchev–Trinajstić information content (AvgIpc) is 2.06. The van der Waals surface area contributed by atoms with E-state index in [0.29, 0.717) is 5.57 Å². The zero-order valence-corrected chi connectivity index (χ0v) is 8.71. The van der Waals surface area contributed by atoms with Crippen molar-refractivity contribution in [2.75, 3.05) is 5.73 Å². The van der Waals surface area contributed by atoms with E-state index in [1.807, 2.05) is 0 Å². The van der Waals surface area contributed by atoms with Gasteiger partial charge in [-0.3, -0.25) is 0 Å². The van der Waals surface area contributed by atoms with Gasteiger partial charge in [-0.1, -0.05) is 18.2 Å². The van der Waals surface area contributed by atoms with Gasteiger partial charge >= 0.3 is 6.18 Å². The lowest BCUT2D eigenvalue weighted by Gasteiger charge is -2.14. The Balaban J connectivity index is 3.49. The lowest BCUT2D eigenvalue weighted by molar-refractivity contribution is -0.136. The van der Waals surface area contributed by atoms with Crippen LogP contribution in [0.25, 0.3) is 5.57 Å². The maximum atomic E-state index is 12.5. The van der Waals surface area contributed by atoms with Crippen LogP contribution in [0.2, 0.25) is 5.02 Å². The normalized spacial score (nSPS) is 11.5. The van der Waals surface area contributed by atoms with Crippen molar-refractivity contribution in [3.63, 3.8) is 0 Å². The minimum absolute atomic E-state index is 0.00507. The van der Waals surface area contributed by atoms with Crippen LogP contribution < -0.4 is 5.73 Å². The zero-order chi connectivity index (χ0) is 11.8. The maximum absolute atomic E-state index is 12.5. The molecule has 0 bridgehead atoms. The maximum Gasteiger partial charge on any atom is 0.418 e. The molecule has 0 spiro atoms. The van der Waals surface area contributed by atoms with E-state index in [-0.39, 0.29) is 16.3 Å². The number of rotatable bonds is 1. The molecule has 0 amide bonds. The summed E-state index contributed by atoms with van der Waals surface area (Å²) in [7, 11) is 0. The van der Waals surface area contributed by atoms with Crippen molar-refractivity contribution in [1.82, 2.24) is 0 Å². The smallest absolute Gasteiger partial charge is 0.398 e. The van der Waals surface area contributed by atoms with Gasteiger partial charge in [-0.05, 0) is 24.6 Å². The molecular weight excluding hydrogens is 227 g/mol. The first-order chi connectivity index (χ1) is 6.73. The molecule has 0 aliphatic heterocycles. The first-order valence-electron chi connectivity index (χ1n) is 4.05. The molecule has 1 aromatic carbocycles. The molecule has 0 saturated heterocycles. The molecular formula is C10H9ClF3N. The fourth-order valence-corrected chi connectivity index (χ4v) is 1.42. The number of hydrogen-bond donors (Lipinski definition) is 1. The lowest BCUT2D eigenvalue weighted by atomic mass is 10.0. The summed E-state index contributed by atoms with van der Waals surface area (Å²) in [6, 6.07) is 2.18. The topological polar surface area (TPSA) is 26.0 Å². The Morgan fingerprint density at radius 2 is 1.93 bits per heavy atom. The number of alkyl halides is 3. The van der Waals surface area contributed by atoms with E-state index in [1.54, 1.807) is 6.92 Å². The van der Waals surface area contributed by atoms with E-state index in [0.717, 1.165) is 6.07 Å². The van der Waals surface area contributed by atoms with Crippen LogP contribution in [0.3, 0.4) is 0 Å². The summed E-state index contributed by atoms with van der Waals surface area (Å²) in [6.45, 7) is 5.12. The zero-order valence-electron chi connectivity index (χ0n) is 7.95. The molecule has 2 N–H and O–H groups in total. The van der Waals surface area contributed by atoms with Crippen molar-refractivity contribution in [3.05, 3.63) is 34.9 Å². The number of allylic oxidation sites excluding steroid dienone is 1. The van der Waals surface area contributed by atoms with Gasteiger partial charge in [0.1, 0.15) is 0 Å². The quantitative estimate of drug-likeness (QED) is 0.733. The molecule has 0 aromatic heterocycles. The fourth-order valence-electron chi connectivity index (χ4n) is 1.21. The Morgan fingerprint density at radius 3 is 2.33 bits per heavy atom. The molecule has 15 heavy (non-hydrogen) atoms. The largest absolute Gasteiger partial charge is 0.418 e. The van der Waals surface area contributed by atoms with Crippen molar-refractivity contribution in [1.29, 1.82) is 0 Å². The third kappa shape index (κ3) is 2.45. The monoisotopic (exact) mass is 235 g/mol. The van der Waals surface area contributed by atoms with Crippen molar-refractivity contribution in [2.24, 2.45) is 0 Å². The molecule has 0 unspecified atom stereocenters. The molecule has 0 atom stereocenters. The van der Waals surface area contributed by atoms with Crippen molar-refractivity contribution in [3.8, 4) is 0 Å². The van der Waals surface area contributed by atoms with Crippen LogP contribution in [0.4, 0.5) is 18.9 Å². The van der Waals surface area contributed by atoms with Crippen molar-refractivity contribution >= 4 is 22.9 Å². The number of nitrogen functional groups attached to an aromatic ring is 1. The summed E-state index contributed by atoms with van der Waals surface area (Å²) in [5, 5.41) is -0.00507. The van der Waals surface area contributed by atoms with Crippen LogP contribution in [0, 0.1) is 0 Å². The van der Waals surface area contributed by atoms with Crippen molar-refractivity contribution in [2.45, 2.75) is 13.1 Å². The fraction of sp³-hybridized carbons (Fsp3) is 0.200. The number of hydrogen-bond acceptors (Lipinski definition) is 1. The molecule has 1 nitrogen and oxygen atoms in total. The van der Waals surface area contributed by atoms with Crippen molar-refractivity contribution < 1.29 is 13.2 Å². The van der Waals surface area contributed by atoms with Crippen LogP contribution in [0.15, 0.2) is 18.7 Å². The standard InChI is InChI=1S/C10H9ClF3N/c1-5(2)7-3-6(11)4-8(9(7)15)10(12,13)14/h3-4H,1,15H2,2H3. The second-order valence-corrected chi connectivity index (χ2v) is 3.63. The number of halogens is 4. The molecule has 1 aromatic rings. The predicted octanol–water partition coefficient (Wildman–Crippen LogP) is 3.97. The summed E-state index contributed by atoms with van der Waals surface area (Å²) in [4.78, 5) is 0. The number of nitrogens with two attached hydrogens (primary N) is 1. The Bertz CT molecular complexity index is 410.